The number of hydrogen-bond donors (Lipinski definition) is 1. The Bertz CT molecular complexity index is 275. The largest absolute Gasteiger partial charge is 0.302 e. The van der Waals surface area contributed by atoms with Crippen LogP contribution in [0.5, 0.6) is 0 Å². The van der Waals surface area contributed by atoms with Crippen molar-refractivity contribution in [1.29, 1.82) is 0 Å². The van der Waals surface area contributed by atoms with Crippen molar-refractivity contribution in [2.75, 3.05) is 5.32 Å². The summed E-state index contributed by atoms with van der Waals surface area (Å²) in [6.07, 6.45) is 1.66. The predicted molar refractivity (Wildman–Crippen MR) is 52.0 cm³/mol. The number of rotatable bonds is 1. The third-order valence-corrected chi connectivity index (χ3v) is 1.41. The van der Waals surface area contributed by atoms with Crippen molar-refractivity contribution in [1.82, 2.24) is 4.98 Å². The van der Waals surface area contributed by atoms with Crippen molar-refractivity contribution in [3.63, 3.8) is 0 Å². The van der Waals surface area contributed by atoms with Crippen molar-refractivity contribution in [2.45, 2.75) is 6.92 Å². The minimum Gasteiger partial charge on any atom is -0.302 e. The molecule has 0 saturated carbocycles. The number of nitrogens with one attached hydrogen (secondary N) is 1. The molecule has 1 aromatic heterocycles. The molecule has 1 heterocycles. The number of hydrogen-bond acceptors (Lipinski definition) is 2. The Morgan fingerprint density at radius 2 is 2.45 bits per heavy atom. The molecule has 1 rings (SSSR count). The van der Waals surface area contributed by atoms with Crippen LogP contribution < -0.4 is 5.32 Å². The van der Waals surface area contributed by atoms with E-state index in [1.807, 2.05) is 19.1 Å². The van der Waals surface area contributed by atoms with Gasteiger partial charge in [-0.15, -0.1) is 0 Å². The first-order chi connectivity index (χ1) is 5.18. The molecule has 3 nitrogen and oxygen atoms in total. The molecule has 58 valence electrons. The molecule has 4 heteroatoms. The van der Waals surface area contributed by atoms with E-state index >= 15 is 0 Å². The number of aryl methyl sites for hydroxylation is 1. The molecule has 0 aliphatic carbocycles. The van der Waals surface area contributed by atoms with E-state index in [0.29, 0.717) is 5.82 Å². The number of pyridine rings is 1. The summed E-state index contributed by atoms with van der Waals surface area (Å²) in [7, 11) is 0. The fraction of sp³-hybridized carbons (Fsp3) is 0.143. The molecule has 11 heavy (non-hydrogen) atoms. The SMILES string of the molecule is Cc1ccnc(NC(=O)I)c1. The van der Waals surface area contributed by atoms with Crippen molar-refractivity contribution in [3.8, 4) is 0 Å². The zero-order chi connectivity index (χ0) is 8.27. The van der Waals surface area contributed by atoms with Gasteiger partial charge in [-0.05, 0) is 24.6 Å². The Hall–Kier alpha value is -0.650. The summed E-state index contributed by atoms with van der Waals surface area (Å²) >= 11 is 1.67. The van der Waals surface area contributed by atoms with Crippen LogP contribution in [0.4, 0.5) is 10.6 Å². The van der Waals surface area contributed by atoms with Gasteiger partial charge in [0, 0.05) is 28.8 Å². The predicted octanol–water partition coefficient (Wildman–Crippen LogP) is 2.36. The molecule has 1 N–H and O–H groups in total. The highest BCUT2D eigenvalue weighted by Gasteiger charge is 1.96. The summed E-state index contributed by atoms with van der Waals surface area (Å²) < 4.78 is -0.124. The molecule has 0 bridgehead atoms. The number of amides is 1. The lowest BCUT2D eigenvalue weighted by Crippen LogP contribution is -2.01. The first-order valence-corrected chi connectivity index (χ1v) is 4.15. The Morgan fingerprint density at radius 1 is 1.73 bits per heavy atom. The minimum atomic E-state index is -0.124. The molecule has 0 fully saturated rings. The van der Waals surface area contributed by atoms with Crippen molar-refractivity contribution < 1.29 is 4.79 Å². The van der Waals surface area contributed by atoms with Crippen molar-refractivity contribution >= 4 is 32.3 Å². The lowest BCUT2D eigenvalue weighted by atomic mass is 10.3. The molecule has 0 saturated heterocycles. The van der Waals surface area contributed by atoms with Gasteiger partial charge in [-0.2, -0.15) is 0 Å². The van der Waals surface area contributed by atoms with Gasteiger partial charge in [0.05, 0.1) is 0 Å². The van der Waals surface area contributed by atoms with Crippen LogP contribution in [-0.2, 0) is 0 Å². The number of carbonyl (C=O) groups excluding carboxylic acids is 1. The van der Waals surface area contributed by atoms with E-state index in [9.17, 15) is 4.79 Å². The molecule has 0 radical (unpaired) electrons. The van der Waals surface area contributed by atoms with Crippen LogP contribution in [0.2, 0.25) is 0 Å². The van der Waals surface area contributed by atoms with E-state index in [4.69, 9.17) is 0 Å². The molecule has 1 aromatic rings. The van der Waals surface area contributed by atoms with E-state index < -0.39 is 0 Å². The van der Waals surface area contributed by atoms with Gasteiger partial charge in [-0.3, -0.25) is 4.79 Å². The maximum atomic E-state index is 10.6. The summed E-state index contributed by atoms with van der Waals surface area (Å²) in [6, 6.07) is 3.69. The van der Waals surface area contributed by atoms with Crippen LogP contribution in [0, 0.1) is 6.92 Å². The van der Waals surface area contributed by atoms with Gasteiger partial charge in [-0.1, -0.05) is 0 Å². The summed E-state index contributed by atoms with van der Waals surface area (Å²) in [4.78, 5) is 14.5. The van der Waals surface area contributed by atoms with E-state index in [0.717, 1.165) is 5.56 Å². The zero-order valence-electron chi connectivity index (χ0n) is 5.97. The van der Waals surface area contributed by atoms with E-state index in [1.54, 1.807) is 28.8 Å². The Kier molecular flexibility index (Phi) is 2.81. The fourth-order valence-electron chi connectivity index (χ4n) is 0.705. The van der Waals surface area contributed by atoms with Crippen molar-refractivity contribution in [3.05, 3.63) is 23.9 Å². The monoisotopic (exact) mass is 262 g/mol. The van der Waals surface area contributed by atoms with Gasteiger partial charge in [0.2, 0.25) is 0 Å². The quantitative estimate of drug-likeness (QED) is 0.479. The molecular formula is C7H7IN2O. The molecule has 0 aliphatic rings. The molecule has 0 aliphatic heterocycles. The van der Waals surface area contributed by atoms with Gasteiger partial charge in [0.15, 0.2) is 0 Å². The number of nitrogens with zero attached hydrogens (tertiary/aromatic N) is 1. The van der Waals surface area contributed by atoms with Crippen LogP contribution in [0.25, 0.3) is 0 Å². The van der Waals surface area contributed by atoms with Gasteiger partial charge in [-0.25, -0.2) is 4.98 Å². The van der Waals surface area contributed by atoms with Crippen LogP contribution in [0.3, 0.4) is 0 Å². The summed E-state index contributed by atoms with van der Waals surface area (Å²) in [5.41, 5.74) is 1.08. The second kappa shape index (κ2) is 3.66. The summed E-state index contributed by atoms with van der Waals surface area (Å²) in [5, 5.41) is 2.58. The second-order valence-corrected chi connectivity index (χ2v) is 3.10. The maximum absolute atomic E-state index is 10.6. The van der Waals surface area contributed by atoms with E-state index in [2.05, 4.69) is 10.3 Å². The minimum absolute atomic E-state index is 0.124. The summed E-state index contributed by atoms with van der Waals surface area (Å²) in [6.45, 7) is 1.95. The fourth-order valence-corrected chi connectivity index (χ4v) is 0.982. The standard InChI is InChI=1S/C7H7IN2O/c1-5-2-3-9-6(4-5)10-7(8)11/h2-4H,1H3,(H,9,10,11). The first-order valence-electron chi connectivity index (χ1n) is 3.07. The van der Waals surface area contributed by atoms with Crippen LogP contribution in [0.1, 0.15) is 5.56 Å². The number of anilines is 1. The highest BCUT2D eigenvalue weighted by molar-refractivity contribution is 14.1. The highest BCUT2D eigenvalue weighted by atomic mass is 127. The highest BCUT2D eigenvalue weighted by Crippen LogP contribution is 2.06. The Labute approximate surface area is 78.4 Å². The van der Waals surface area contributed by atoms with Gasteiger partial charge >= 0.3 is 0 Å². The van der Waals surface area contributed by atoms with Crippen LogP contribution in [0.15, 0.2) is 18.3 Å². The second-order valence-electron chi connectivity index (χ2n) is 2.12. The molecule has 0 spiro atoms. The number of aromatic nitrogens is 1. The molecule has 1 amide bonds. The van der Waals surface area contributed by atoms with Gasteiger partial charge in [0.1, 0.15) is 5.82 Å². The zero-order valence-corrected chi connectivity index (χ0v) is 8.12. The first kappa shape index (κ1) is 8.45. The molecule has 0 atom stereocenters. The topological polar surface area (TPSA) is 42.0 Å². The Morgan fingerprint density at radius 3 is 3.00 bits per heavy atom. The van der Waals surface area contributed by atoms with E-state index in [1.165, 1.54) is 0 Å². The van der Waals surface area contributed by atoms with Crippen LogP contribution >= 0.6 is 22.6 Å². The average molecular weight is 262 g/mol. The smallest absolute Gasteiger partial charge is 0.286 e. The van der Waals surface area contributed by atoms with Gasteiger partial charge in [0.25, 0.3) is 3.91 Å². The van der Waals surface area contributed by atoms with Crippen LogP contribution in [-0.4, -0.2) is 8.90 Å². The molecule has 0 unspecified atom stereocenters. The molecular weight excluding hydrogens is 255 g/mol. The average Bonchev–Trinajstić information content (AvgIpc) is 1.85. The third-order valence-electron chi connectivity index (χ3n) is 1.14. The maximum Gasteiger partial charge on any atom is 0.286 e. The molecule has 0 aromatic carbocycles. The van der Waals surface area contributed by atoms with Gasteiger partial charge < -0.3 is 5.32 Å². The van der Waals surface area contributed by atoms with Crippen molar-refractivity contribution in [2.24, 2.45) is 0 Å². The van der Waals surface area contributed by atoms with E-state index in [-0.39, 0.29) is 3.91 Å². The summed E-state index contributed by atoms with van der Waals surface area (Å²) in [5.74, 6) is 0.601. The Balaban J connectivity index is 2.79. The lowest BCUT2D eigenvalue weighted by molar-refractivity contribution is 0.271. The lowest BCUT2D eigenvalue weighted by Gasteiger charge is -1.98. The normalized spacial score (nSPS) is 9.27. The third kappa shape index (κ3) is 2.83. The number of carbonyl (C=O) groups is 1. The number of halogens is 1.